The van der Waals surface area contributed by atoms with Crippen molar-refractivity contribution < 1.29 is 23.8 Å². The van der Waals surface area contributed by atoms with Crippen molar-refractivity contribution in [3.8, 4) is 0 Å². The lowest BCUT2D eigenvalue weighted by atomic mass is 9.44. The first-order chi connectivity index (χ1) is 12.1. The van der Waals surface area contributed by atoms with E-state index in [1.807, 2.05) is 6.92 Å². The summed E-state index contributed by atoms with van der Waals surface area (Å²) in [5, 5.41) is 0. The third kappa shape index (κ3) is 1.85. The summed E-state index contributed by atoms with van der Waals surface area (Å²) in [6.45, 7) is 10.6. The number of epoxide rings is 1. The standard InChI is InChI=1S/C21H28O5/c1-10-8-12-11(18(23)24-10)9-14-20(4,26-12)7-6-13-19(2,3)17-15(25-17)16(22)21(13,14)5/h10,13-15,17H,6-9H2,1-5H3. The first-order valence-corrected chi connectivity index (χ1v) is 9.91. The normalized spacial score (nSPS) is 51.3. The van der Waals surface area contributed by atoms with Crippen LogP contribution < -0.4 is 0 Å². The van der Waals surface area contributed by atoms with Crippen molar-refractivity contribution in [1.82, 2.24) is 0 Å². The van der Waals surface area contributed by atoms with Crippen LogP contribution >= 0.6 is 0 Å². The van der Waals surface area contributed by atoms with Crippen molar-refractivity contribution in [2.45, 2.75) is 84.2 Å². The smallest absolute Gasteiger partial charge is 0.337 e. The highest BCUT2D eigenvalue weighted by atomic mass is 16.6. The topological polar surface area (TPSA) is 65.1 Å². The quantitative estimate of drug-likeness (QED) is 0.490. The van der Waals surface area contributed by atoms with Crippen molar-refractivity contribution in [3.63, 3.8) is 0 Å². The molecule has 5 nitrogen and oxygen atoms in total. The van der Waals surface area contributed by atoms with E-state index in [4.69, 9.17) is 14.2 Å². The average molecular weight is 360 g/mol. The number of ether oxygens (including phenoxy) is 3. The van der Waals surface area contributed by atoms with Crippen LogP contribution in [-0.2, 0) is 23.8 Å². The second kappa shape index (κ2) is 4.73. The highest BCUT2D eigenvalue weighted by Gasteiger charge is 2.74. The van der Waals surface area contributed by atoms with Crippen LogP contribution in [0.4, 0.5) is 0 Å². The van der Waals surface area contributed by atoms with Gasteiger partial charge in [-0.25, -0.2) is 4.79 Å². The van der Waals surface area contributed by atoms with Crippen molar-refractivity contribution in [2.75, 3.05) is 0 Å². The van der Waals surface area contributed by atoms with Crippen LogP contribution in [0.2, 0.25) is 0 Å². The van der Waals surface area contributed by atoms with Gasteiger partial charge in [-0.3, -0.25) is 4.79 Å². The minimum atomic E-state index is -0.532. The predicted molar refractivity (Wildman–Crippen MR) is 93.1 cm³/mol. The number of cyclic esters (lactones) is 1. The van der Waals surface area contributed by atoms with E-state index in [1.54, 1.807) is 0 Å². The number of ketones is 1. The van der Waals surface area contributed by atoms with Crippen LogP contribution in [0, 0.1) is 22.7 Å². The Kier molecular flexibility index (Phi) is 3.05. The summed E-state index contributed by atoms with van der Waals surface area (Å²) >= 11 is 0. The second-order valence-electron chi connectivity index (χ2n) is 10.0. The van der Waals surface area contributed by atoms with E-state index in [0.29, 0.717) is 18.4 Å². The number of Topliss-reactive ketones (excluding diaryl/α,β-unsaturated/α-hetero) is 1. The van der Waals surface area contributed by atoms with Gasteiger partial charge in [0.1, 0.15) is 23.6 Å². The summed E-state index contributed by atoms with van der Waals surface area (Å²) in [6.07, 6.45) is 2.70. The molecule has 5 heteroatoms. The molecule has 3 aliphatic heterocycles. The van der Waals surface area contributed by atoms with Crippen molar-refractivity contribution in [3.05, 3.63) is 11.3 Å². The molecule has 0 radical (unpaired) electrons. The van der Waals surface area contributed by atoms with Gasteiger partial charge in [0.2, 0.25) is 0 Å². The summed E-state index contributed by atoms with van der Waals surface area (Å²) < 4.78 is 17.8. The Balaban J connectivity index is 1.60. The fourth-order valence-electron chi connectivity index (χ4n) is 6.78. The van der Waals surface area contributed by atoms with Crippen LogP contribution in [0.25, 0.3) is 0 Å². The van der Waals surface area contributed by atoms with Crippen molar-refractivity contribution >= 4 is 11.8 Å². The van der Waals surface area contributed by atoms with Crippen LogP contribution in [0.3, 0.4) is 0 Å². The summed E-state index contributed by atoms with van der Waals surface area (Å²) in [5.74, 6) is 0.958. The van der Waals surface area contributed by atoms with E-state index in [9.17, 15) is 9.59 Å². The minimum absolute atomic E-state index is 0.0228. The molecule has 2 aliphatic carbocycles. The van der Waals surface area contributed by atoms with Crippen LogP contribution in [0.1, 0.15) is 60.3 Å². The van der Waals surface area contributed by atoms with Gasteiger partial charge in [0.25, 0.3) is 0 Å². The van der Waals surface area contributed by atoms with E-state index >= 15 is 0 Å². The van der Waals surface area contributed by atoms with Gasteiger partial charge in [-0.2, -0.15) is 0 Å². The summed E-state index contributed by atoms with van der Waals surface area (Å²) in [5.41, 5.74) is -0.326. The highest BCUT2D eigenvalue weighted by molar-refractivity contribution is 5.94. The Labute approximate surface area is 154 Å². The average Bonchev–Trinajstić information content (AvgIpc) is 3.32. The number of carbonyl (C=O) groups is 2. The lowest BCUT2D eigenvalue weighted by molar-refractivity contribution is -0.192. The maximum atomic E-state index is 13.4. The predicted octanol–water partition coefficient (Wildman–Crippen LogP) is 3.16. The fourth-order valence-corrected chi connectivity index (χ4v) is 6.78. The molecule has 3 fully saturated rings. The monoisotopic (exact) mass is 360 g/mol. The Morgan fingerprint density at radius 3 is 2.50 bits per heavy atom. The zero-order chi connectivity index (χ0) is 18.6. The zero-order valence-corrected chi connectivity index (χ0v) is 16.3. The minimum Gasteiger partial charge on any atom is -0.491 e. The Bertz CT molecular complexity index is 752. The van der Waals surface area contributed by atoms with Crippen LogP contribution in [0.15, 0.2) is 11.3 Å². The van der Waals surface area contributed by atoms with Crippen molar-refractivity contribution in [1.29, 1.82) is 0 Å². The summed E-state index contributed by atoms with van der Waals surface area (Å²) in [4.78, 5) is 25.9. The maximum absolute atomic E-state index is 13.4. The molecule has 0 amide bonds. The first kappa shape index (κ1) is 16.8. The van der Waals surface area contributed by atoms with E-state index in [-0.39, 0.29) is 47.3 Å². The second-order valence-corrected chi connectivity index (χ2v) is 10.0. The molecule has 0 N–H and O–H groups in total. The maximum Gasteiger partial charge on any atom is 0.337 e. The van der Waals surface area contributed by atoms with Gasteiger partial charge in [0.15, 0.2) is 5.78 Å². The number of carbonyl (C=O) groups excluding carboxylic acids is 2. The molecule has 142 valence electrons. The molecule has 2 saturated carbocycles. The van der Waals surface area contributed by atoms with Gasteiger partial charge in [-0.05, 0) is 44.4 Å². The molecular weight excluding hydrogens is 332 g/mol. The molecule has 5 aliphatic rings. The molecule has 0 aromatic rings. The molecule has 0 spiro atoms. The van der Waals surface area contributed by atoms with Gasteiger partial charge in [-0.1, -0.05) is 20.8 Å². The van der Waals surface area contributed by atoms with Gasteiger partial charge >= 0.3 is 5.97 Å². The van der Waals surface area contributed by atoms with E-state index in [2.05, 4.69) is 27.7 Å². The van der Waals surface area contributed by atoms with Crippen LogP contribution in [0.5, 0.6) is 0 Å². The molecule has 7 atom stereocenters. The molecule has 3 heterocycles. The Hall–Kier alpha value is -1.36. The van der Waals surface area contributed by atoms with E-state index in [0.717, 1.165) is 18.6 Å². The van der Waals surface area contributed by atoms with E-state index < -0.39 is 11.0 Å². The largest absolute Gasteiger partial charge is 0.491 e. The number of rotatable bonds is 0. The lowest BCUT2D eigenvalue weighted by Gasteiger charge is -2.61. The summed E-state index contributed by atoms with van der Waals surface area (Å²) in [7, 11) is 0. The summed E-state index contributed by atoms with van der Waals surface area (Å²) in [6, 6.07) is 0. The Morgan fingerprint density at radius 2 is 1.77 bits per heavy atom. The molecule has 26 heavy (non-hydrogen) atoms. The van der Waals surface area contributed by atoms with E-state index in [1.165, 1.54) is 0 Å². The van der Waals surface area contributed by atoms with Gasteiger partial charge < -0.3 is 14.2 Å². The molecule has 0 bridgehead atoms. The van der Waals surface area contributed by atoms with Crippen LogP contribution in [-0.4, -0.2) is 35.7 Å². The third-order valence-corrected chi connectivity index (χ3v) is 8.16. The first-order valence-electron chi connectivity index (χ1n) is 9.91. The molecule has 0 aromatic carbocycles. The Morgan fingerprint density at radius 1 is 1.04 bits per heavy atom. The fraction of sp³-hybridized carbons (Fsp3) is 0.810. The third-order valence-electron chi connectivity index (χ3n) is 8.16. The number of fused-ring (bicyclic) bond motifs is 4. The molecule has 0 aromatic heterocycles. The molecule has 1 saturated heterocycles. The number of hydrogen-bond donors (Lipinski definition) is 0. The van der Waals surface area contributed by atoms with Gasteiger partial charge in [0, 0.05) is 17.8 Å². The van der Waals surface area contributed by atoms with Crippen molar-refractivity contribution in [2.24, 2.45) is 22.7 Å². The number of hydrogen-bond acceptors (Lipinski definition) is 5. The van der Waals surface area contributed by atoms with Gasteiger partial charge in [-0.15, -0.1) is 0 Å². The number of esters is 1. The van der Waals surface area contributed by atoms with Gasteiger partial charge in [0.05, 0.1) is 11.7 Å². The SMILES string of the molecule is CC1CC2=C(CC3C(C)(CCC4C(C)(C)C5OC5C(=O)C34C)O2)C(=O)O1. The highest BCUT2D eigenvalue weighted by Crippen LogP contribution is 2.67. The molecular formula is C21H28O5. The molecule has 7 unspecified atom stereocenters. The lowest BCUT2D eigenvalue weighted by Crippen LogP contribution is -2.65. The molecule has 5 rings (SSSR count). The zero-order valence-electron chi connectivity index (χ0n) is 16.3.